The fourth-order valence-corrected chi connectivity index (χ4v) is 5.80. The Morgan fingerprint density at radius 2 is 1.62 bits per heavy atom. The van der Waals surface area contributed by atoms with Crippen molar-refractivity contribution in [3.05, 3.63) is 83.4 Å². The van der Waals surface area contributed by atoms with E-state index in [-0.39, 0.29) is 35.4 Å². The average molecular weight is 638 g/mol. The summed E-state index contributed by atoms with van der Waals surface area (Å²) >= 11 is 0. The molecule has 1 fully saturated rings. The first-order chi connectivity index (χ1) is 21.2. The number of nitrogens with zero attached hydrogens (tertiary/aromatic N) is 1. The second-order valence-corrected chi connectivity index (χ2v) is 18.1. The second kappa shape index (κ2) is 14.7. The summed E-state index contributed by atoms with van der Waals surface area (Å²) in [6, 6.07) is 17.4. The molecule has 0 atom stereocenters. The topological polar surface area (TPSA) is 79.9 Å². The van der Waals surface area contributed by atoms with Crippen molar-refractivity contribution in [1.29, 1.82) is 0 Å². The number of amides is 2. The Labute approximate surface area is 266 Å². The van der Waals surface area contributed by atoms with Crippen molar-refractivity contribution in [2.24, 2.45) is 0 Å². The highest BCUT2D eigenvalue weighted by Crippen LogP contribution is 2.37. The third kappa shape index (κ3) is 9.45. The van der Waals surface area contributed by atoms with Crippen LogP contribution in [-0.4, -0.2) is 51.5 Å². The zero-order valence-electron chi connectivity index (χ0n) is 27.1. The van der Waals surface area contributed by atoms with Crippen LogP contribution in [0.25, 0.3) is 11.1 Å². The lowest BCUT2D eigenvalue weighted by atomic mass is 9.99. The third-order valence-electron chi connectivity index (χ3n) is 8.79. The van der Waals surface area contributed by atoms with Gasteiger partial charge in [0.25, 0.3) is 0 Å². The van der Waals surface area contributed by atoms with Gasteiger partial charge in [-0.05, 0) is 67.7 Å². The lowest BCUT2D eigenvalue weighted by Gasteiger charge is -2.36. The highest BCUT2D eigenvalue weighted by atomic mass is 28.4. The minimum Gasteiger partial charge on any atom is -0.446 e. The summed E-state index contributed by atoms with van der Waals surface area (Å²) < 4.78 is 41.5. The average Bonchev–Trinajstić information content (AvgIpc) is 2.98. The number of nitrogens with one attached hydrogen (secondary N) is 2. The normalized spacial score (nSPS) is 14.7. The highest BCUT2D eigenvalue weighted by Gasteiger charge is 2.37. The number of benzene rings is 3. The van der Waals surface area contributed by atoms with Gasteiger partial charge in [0.1, 0.15) is 17.7 Å². The van der Waals surface area contributed by atoms with Crippen LogP contribution in [0.5, 0.6) is 0 Å². The van der Waals surface area contributed by atoms with Crippen LogP contribution in [0.1, 0.15) is 51.2 Å². The van der Waals surface area contributed by atoms with E-state index in [0.29, 0.717) is 12.1 Å². The molecule has 0 spiro atoms. The van der Waals surface area contributed by atoms with E-state index in [0.717, 1.165) is 54.8 Å². The standard InChI is InChI=1S/C35H45F2N3O4Si/c1-35(2,3)45(5,6)43-23-26-21-30(37)32(22-29(26)36)38-33(41)15-13-24-12-14-28(25-10-8-7-9-11-25)31(20-24)39-34(42)44-27-16-18-40(4)19-17-27/h7-12,14,20-22,27H,13,15-19,23H2,1-6H3,(H,38,41)(H,39,42). The summed E-state index contributed by atoms with van der Waals surface area (Å²) in [4.78, 5) is 27.9. The van der Waals surface area contributed by atoms with Gasteiger partial charge < -0.3 is 19.4 Å². The Bertz CT molecular complexity index is 1490. The Hall–Kier alpha value is -3.60. The molecular formula is C35H45F2N3O4Si. The van der Waals surface area contributed by atoms with Crippen LogP contribution in [0.2, 0.25) is 18.1 Å². The molecule has 1 heterocycles. The van der Waals surface area contributed by atoms with E-state index in [1.807, 2.05) is 68.7 Å². The molecular weight excluding hydrogens is 592 g/mol. The third-order valence-corrected chi connectivity index (χ3v) is 13.3. The van der Waals surface area contributed by atoms with E-state index in [1.54, 1.807) is 0 Å². The van der Waals surface area contributed by atoms with Crippen LogP contribution in [0, 0.1) is 11.6 Å². The van der Waals surface area contributed by atoms with Crippen molar-refractivity contribution < 1.29 is 27.5 Å². The van der Waals surface area contributed by atoms with Gasteiger partial charge in [-0.25, -0.2) is 13.6 Å². The maximum absolute atomic E-state index is 14.9. The van der Waals surface area contributed by atoms with Crippen molar-refractivity contribution in [3.63, 3.8) is 0 Å². The number of hydrogen-bond donors (Lipinski definition) is 2. The number of piperidine rings is 1. The molecule has 3 aromatic carbocycles. The molecule has 0 aromatic heterocycles. The van der Waals surface area contributed by atoms with Gasteiger partial charge in [0.2, 0.25) is 5.91 Å². The van der Waals surface area contributed by atoms with Crippen LogP contribution >= 0.6 is 0 Å². The molecule has 2 N–H and O–H groups in total. The molecule has 3 aromatic rings. The maximum atomic E-state index is 14.9. The molecule has 45 heavy (non-hydrogen) atoms. The monoisotopic (exact) mass is 637 g/mol. The predicted molar refractivity (Wildman–Crippen MR) is 178 cm³/mol. The molecule has 7 nitrogen and oxygen atoms in total. The molecule has 0 radical (unpaired) electrons. The van der Waals surface area contributed by atoms with Gasteiger partial charge in [-0.15, -0.1) is 0 Å². The molecule has 1 aliphatic rings. The van der Waals surface area contributed by atoms with Crippen LogP contribution in [-0.2, 0) is 27.0 Å². The van der Waals surface area contributed by atoms with Crippen molar-refractivity contribution in [2.75, 3.05) is 30.8 Å². The predicted octanol–water partition coefficient (Wildman–Crippen LogP) is 8.37. The first-order valence-electron chi connectivity index (χ1n) is 15.5. The van der Waals surface area contributed by atoms with E-state index in [4.69, 9.17) is 9.16 Å². The zero-order chi connectivity index (χ0) is 32.8. The van der Waals surface area contributed by atoms with Gasteiger partial charge in [0.05, 0.1) is 18.0 Å². The van der Waals surface area contributed by atoms with E-state index < -0.39 is 32.0 Å². The zero-order valence-corrected chi connectivity index (χ0v) is 28.1. The smallest absolute Gasteiger partial charge is 0.411 e. The number of aryl methyl sites for hydroxylation is 1. The molecule has 1 aliphatic heterocycles. The van der Waals surface area contributed by atoms with Crippen molar-refractivity contribution >= 4 is 31.7 Å². The largest absolute Gasteiger partial charge is 0.446 e. The van der Waals surface area contributed by atoms with Gasteiger partial charge in [-0.3, -0.25) is 10.1 Å². The molecule has 0 bridgehead atoms. The SMILES string of the molecule is CN1CCC(OC(=O)Nc2cc(CCC(=O)Nc3cc(F)c(CO[Si](C)(C)C(C)(C)C)cc3F)ccc2-c2ccccc2)CC1. The Morgan fingerprint density at radius 3 is 2.29 bits per heavy atom. The van der Waals surface area contributed by atoms with Crippen molar-refractivity contribution in [2.45, 2.75) is 77.3 Å². The number of ether oxygens (including phenoxy) is 1. The summed E-state index contributed by atoms with van der Waals surface area (Å²) in [5.74, 6) is -1.81. The van der Waals surface area contributed by atoms with Gasteiger partial charge in [-0.1, -0.05) is 63.2 Å². The Kier molecular flexibility index (Phi) is 11.2. The second-order valence-electron chi connectivity index (χ2n) is 13.3. The molecule has 10 heteroatoms. The fraction of sp³-hybridized carbons (Fsp3) is 0.429. The van der Waals surface area contributed by atoms with Gasteiger partial charge in [-0.2, -0.15) is 0 Å². The van der Waals surface area contributed by atoms with Crippen molar-refractivity contribution in [3.8, 4) is 11.1 Å². The highest BCUT2D eigenvalue weighted by molar-refractivity contribution is 6.74. The minimum absolute atomic E-state index is 0.0292. The van der Waals surface area contributed by atoms with Crippen molar-refractivity contribution in [1.82, 2.24) is 4.90 Å². The number of carbonyl (C=O) groups is 2. The lowest BCUT2D eigenvalue weighted by Crippen LogP contribution is -2.40. The summed E-state index contributed by atoms with van der Waals surface area (Å²) in [5, 5.41) is 5.34. The number of halogens is 2. The molecule has 0 aliphatic carbocycles. The first kappa shape index (κ1) is 34.3. The molecule has 0 saturated carbocycles. The van der Waals surface area contributed by atoms with E-state index in [2.05, 4.69) is 36.3 Å². The van der Waals surface area contributed by atoms with Crippen LogP contribution in [0.4, 0.5) is 25.0 Å². The van der Waals surface area contributed by atoms with E-state index in [9.17, 15) is 18.4 Å². The van der Waals surface area contributed by atoms with Gasteiger partial charge in [0, 0.05) is 36.7 Å². The van der Waals surface area contributed by atoms with Crippen LogP contribution in [0.15, 0.2) is 60.7 Å². The number of hydrogen-bond acceptors (Lipinski definition) is 5. The van der Waals surface area contributed by atoms with E-state index in [1.165, 1.54) is 0 Å². The van der Waals surface area contributed by atoms with Gasteiger partial charge >= 0.3 is 6.09 Å². The van der Waals surface area contributed by atoms with E-state index >= 15 is 0 Å². The summed E-state index contributed by atoms with van der Waals surface area (Å²) in [7, 11) is -0.103. The number of anilines is 2. The molecule has 0 unspecified atom stereocenters. The number of likely N-dealkylation sites (tertiary alicyclic amines) is 1. The fourth-order valence-electron chi connectivity index (χ4n) is 4.85. The first-order valence-corrected chi connectivity index (χ1v) is 18.4. The van der Waals surface area contributed by atoms with Crippen LogP contribution < -0.4 is 10.6 Å². The molecule has 4 rings (SSSR count). The number of rotatable bonds is 10. The summed E-state index contributed by atoms with van der Waals surface area (Å²) in [6.45, 7) is 12.0. The van der Waals surface area contributed by atoms with Gasteiger partial charge in [0.15, 0.2) is 8.32 Å². The quantitative estimate of drug-likeness (QED) is 0.218. The maximum Gasteiger partial charge on any atom is 0.411 e. The lowest BCUT2D eigenvalue weighted by molar-refractivity contribution is -0.116. The van der Waals surface area contributed by atoms with Crippen LogP contribution in [0.3, 0.4) is 0 Å². The number of carbonyl (C=O) groups excluding carboxylic acids is 2. The minimum atomic E-state index is -2.15. The Balaban J connectivity index is 1.40. The summed E-state index contributed by atoms with van der Waals surface area (Å²) in [6.07, 6.45) is 1.25. The molecule has 1 saturated heterocycles. The summed E-state index contributed by atoms with van der Waals surface area (Å²) in [5.41, 5.74) is 3.01. The molecule has 2 amide bonds. The molecule has 242 valence electrons. The Morgan fingerprint density at radius 1 is 0.933 bits per heavy atom.